The van der Waals surface area contributed by atoms with Crippen LogP contribution < -0.4 is 10.2 Å². The fourth-order valence-electron chi connectivity index (χ4n) is 1.68. The molecule has 0 saturated carbocycles. The molecular weight excluding hydrogens is 246 g/mol. The van der Waals surface area contributed by atoms with Gasteiger partial charge in [-0.25, -0.2) is 4.98 Å². The summed E-state index contributed by atoms with van der Waals surface area (Å²) in [7, 11) is 1.74. The predicted molar refractivity (Wildman–Crippen MR) is 78.6 cm³/mol. The lowest BCUT2D eigenvalue weighted by Crippen LogP contribution is -2.26. The van der Waals surface area contributed by atoms with Gasteiger partial charge in [0, 0.05) is 31.6 Å². The lowest BCUT2D eigenvalue weighted by atomic mass is 10.4. The highest BCUT2D eigenvalue weighted by atomic mass is 32.1. The molecule has 0 spiro atoms. The Bertz CT molecular complexity index is 341. The van der Waals surface area contributed by atoms with Crippen LogP contribution in [0, 0.1) is 6.92 Å². The summed E-state index contributed by atoms with van der Waals surface area (Å²) in [4.78, 5) is 8.27. The van der Waals surface area contributed by atoms with E-state index in [4.69, 9.17) is 4.74 Å². The first-order valence-electron chi connectivity index (χ1n) is 6.63. The van der Waals surface area contributed by atoms with E-state index in [0.717, 1.165) is 43.6 Å². The molecule has 0 aromatic carbocycles. The second-order valence-electron chi connectivity index (χ2n) is 4.25. The van der Waals surface area contributed by atoms with Gasteiger partial charge in [0.25, 0.3) is 0 Å². The third-order valence-corrected chi connectivity index (χ3v) is 4.03. The molecule has 5 heteroatoms. The summed E-state index contributed by atoms with van der Waals surface area (Å²) in [6.45, 7) is 11.0. The molecule has 1 aromatic heterocycles. The molecule has 0 radical (unpaired) electrons. The second-order valence-corrected chi connectivity index (χ2v) is 5.32. The van der Waals surface area contributed by atoms with Crippen LogP contribution >= 0.6 is 11.3 Å². The van der Waals surface area contributed by atoms with E-state index in [2.05, 4.69) is 36.0 Å². The highest BCUT2D eigenvalue weighted by Gasteiger charge is 2.12. The molecule has 0 saturated heterocycles. The van der Waals surface area contributed by atoms with Crippen LogP contribution in [0.4, 0.5) is 5.13 Å². The van der Waals surface area contributed by atoms with Gasteiger partial charge in [0.1, 0.15) is 0 Å². The molecule has 0 bridgehead atoms. The Morgan fingerprint density at radius 3 is 2.78 bits per heavy atom. The van der Waals surface area contributed by atoms with Crippen LogP contribution in [0.1, 0.15) is 30.8 Å². The van der Waals surface area contributed by atoms with Gasteiger partial charge >= 0.3 is 0 Å². The summed E-state index contributed by atoms with van der Waals surface area (Å²) >= 11 is 1.79. The number of ether oxygens (including phenoxy) is 1. The van der Waals surface area contributed by atoms with Gasteiger partial charge in [0.15, 0.2) is 5.13 Å². The Morgan fingerprint density at radius 2 is 2.17 bits per heavy atom. The monoisotopic (exact) mass is 271 g/mol. The number of aromatic nitrogens is 1. The van der Waals surface area contributed by atoms with Crippen molar-refractivity contribution in [2.24, 2.45) is 0 Å². The van der Waals surface area contributed by atoms with E-state index < -0.39 is 0 Å². The van der Waals surface area contributed by atoms with Gasteiger partial charge in [-0.15, -0.1) is 11.3 Å². The number of nitrogens with zero attached hydrogens (tertiary/aromatic N) is 2. The van der Waals surface area contributed by atoms with Crippen molar-refractivity contribution in [1.82, 2.24) is 10.3 Å². The van der Waals surface area contributed by atoms with Gasteiger partial charge in [-0.05, 0) is 26.8 Å². The normalized spacial score (nSPS) is 10.9. The fraction of sp³-hybridized carbons (Fsp3) is 0.769. The lowest BCUT2D eigenvalue weighted by molar-refractivity contribution is 0.205. The lowest BCUT2D eigenvalue weighted by Gasteiger charge is -2.18. The standard InChI is InChI=1S/C13H25N3OS/c1-5-7-14-10-12-11(3)15-13(18-12)16(6-2)8-9-17-4/h14H,5-10H2,1-4H3. The molecular formula is C13H25N3OS. The highest BCUT2D eigenvalue weighted by molar-refractivity contribution is 7.15. The van der Waals surface area contributed by atoms with Gasteiger partial charge < -0.3 is 15.0 Å². The molecule has 0 aliphatic heterocycles. The third kappa shape index (κ3) is 4.55. The maximum Gasteiger partial charge on any atom is 0.185 e. The molecule has 0 fully saturated rings. The maximum absolute atomic E-state index is 5.13. The van der Waals surface area contributed by atoms with E-state index in [-0.39, 0.29) is 0 Å². The number of rotatable bonds is 9. The maximum atomic E-state index is 5.13. The first-order valence-corrected chi connectivity index (χ1v) is 7.45. The SMILES string of the molecule is CCCNCc1sc(N(CC)CCOC)nc1C. The number of aryl methyl sites for hydroxylation is 1. The Labute approximate surface area is 114 Å². The van der Waals surface area contributed by atoms with Crippen LogP contribution in [0.15, 0.2) is 0 Å². The smallest absolute Gasteiger partial charge is 0.185 e. The first-order chi connectivity index (χ1) is 8.72. The van der Waals surface area contributed by atoms with Gasteiger partial charge in [-0.2, -0.15) is 0 Å². The summed E-state index contributed by atoms with van der Waals surface area (Å²) in [6.07, 6.45) is 1.17. The summed E-state index contributed by atoms with van der Waals surface area (Å²) in [5.41, 5.74) is 1.15. The van der Waals surface area contributed by atoms with Crippen molar-refractivity contribution in [2.45, 2.75) is 33.7 Å². The number of nitrogens with one attached hydrogen (secondary N) is 1. The van der Waals surface area contributed by atoms with E-state index in [9.17, 15) is 0 Å². The van der Waals surface area contributed by atoms with E-state index in [1.165, 1.54) is 11.3 Å². The van der Waals surface area contributed by atoms with Crippen molar-refractivity contribution < 1.29 is 4.74 Å². The fourth-order valence-corrected chi connectivity index (χ4v) is 2.80. The Balaban J connectivity index is 2.62. The summed E-state index contributed by atoms with van der Waals surface area (Å²) in [6, 6.07) is 0. The second kappa shape index (κ2) is 8.45. The summed E-state index contributed by atoms with van der Waals surface area (Å²) in [5, 5.41) is 4.54. The van der Waals surface area contributed by atoms with Gasteiger partial charge in [-0.1, -0.05) is 6.92 Å². The van der Waals surface area contributed by atoms with Crippen LogP contribution in [-0.2, 0) is 11.3 Å². The van der Waals surface area contributed by atoms with Crippen molar-refractivity contribution in [1.29, 1.82) is 0 Å². The Kier molecular flexibility index (Phi) is 7.23. The zero-order chi connectivity index (χ0) is 13.4. The Morgan fingerprint density at radius 1 is 1.39 bits per heavy atom. The van der Waals surface area contributed by atoms with E-state index in [1.54, 1.807) is 18.4 Å². The average Bonchev–Trinajstić information content (AvgIpc) is 2.72. The molecule has 0 amide bonds. The number of hydrogen-bond acceptors (Lipinski definition) is 5. The Hall–Kier alpha value is -0.650. The minimum atomic E-state index is 0.746. The van der Waals surface area contributed by atoms with E-state index >= 15 is 0 Å². The molecule has 0 atom stereocenters. The van der Waals surface area contributed by atoms with Crippen molar-refractivity contribution in [3.63, 3.8) is 0 Å². The van der Waals surface area contributed by atoms with Gasteiger partial charge in [0.2, 0.25) is 0 Å². The van der Waals surface area contributed by atoms with Crippen molar-refractivity contribution in [2.75, 3.05) is 38.3 Å². The number of likely N-dealkylation sites (N-methyl/N-ethyl adjacent to an activating group) is 1. The molecule has 4 nitrogen and oxygen atoms in total. The third-order valence-electron chi connectivity index (χ3n) is 2.81. The minimum Gasteiger partial charge on any atom is -0.383 e. The first kappa shape index (κ1) is 15.4. The van der Waals surface area contributed by atoms with Crippen LogP contribution in [0.5, 0.6) is 0 Å². The number of thiazole rings is 1. The van der Waals surface area contributed by atoms with Crippen LogP contribution in [0.3, 0.4) is 0 Å². The molecule has 0 aliphatic rings. The minimum absolute atomic E-state index is 0.746. The zero-order valence-electron chi connectivity index (χ0n) is 12.0. The van der Waals surface area contributed by atoms with Crippen LogP contribution in [-0.4, -0.2) is 38.3 Å². The summed E-state index contributed by atoms with van der Waals surface area (Å²) < 4.78 is 5.13. The van der Waals surface area contributed by atoms with E-state index in [1.807, 2.05) is 0 Å². The summed E-state index contributed by atoms with van der Waals surface area (Å²) in [5.74, 6) is 0. The molecule has 0 aliphatic carbocycles. The van der Waals surface area contributed by atoms with Gasteiger partial charge in [0.05, 0.1) is 12.3 Å². The molecule has 0 unspecified atom stereocenters. The largest absolute Gasteiger partial charge is 0.383 e. The topological polar surface area (TPSA) is 37.4 Å². The quantitative estimate of drug-likeness (QED) is 0.700. The molecule has 104 valence electrons. The molecule has 18 heavy (non-hydrogen) atoms. The number of methoxy groups -OCH3 is 1. The average molecular weight is 271 g/mol. The highest BCUT2D eigenvalue weighted by Crippen LogP contribution is 2.25. The zero-order valence-corrected chi connectivity index (χ0v) is 12.8. The predicted octanol–water partition coefficient (Wildman–Crippen LogP) is 2.42. The van der Waals surface area contributed by atoms with E-state index in [0.29, 0.717) is 0 Å². The van der Waals surface area contributed by atoms with Gasteiger partial charge in [-0.3, -0.25) is 0 Å². The van der Waals surface area contributed by atoms with Crippen LogP contribution in [0.2, 0.25) is 0 Å². The van der Waals surface area contributed by atoms with Crippen molar-refractivity contribution in [3.05, 3.63) is 10.6 Å². The number of hydrogen-bond donors (Lipinski definition) is 1. The molecule has 1 N–H and O–H groups in total. The van der Waals surface area contributed by atoms with Crippen molar-refractivity contribution >= 4 is 16.5 Å². The van der Waals surface area contributed by atoms with Crippen LogP contribution in [0.25, 0.3) is 0 Å². The molecule has 1 aromatic rings. The molecule has 1 rings (SSSR count). The number of anilines is 1. The molecule has 1 heterocycles. The van der Waals surface area contributed by atoms with Crippen molar-refractivity contribution in [3.8, 4) is 0 Å².